The monoisotopic (exact) mass is 441 g/mol. The first-order valence-corrected chi connectivity index (χ1v) is 10.8. The molecule has 8 nitrogen and oxygen atoms in total. The Hall–Kier alpha value is -3.20. The number of amides is 2. The molecule has 0 aliphatic heterocycles. The molecule has 0 aliphatic rings. The number of hydrogen-bond acceptors (Lipinski definition) is 5. The van der Waals surface area contributed by atoms with Gasteiger partial charge < -0.3 is 15.3 Å². The van der Waals surface area contributed by atoms with Crippen LogP contribution in [0.5, 0.6) is 0 Å². The van der Waals surface area contributed by atoms with Crippen molar-refractivity contribution in [2.75, 3.05) is 6.54 Å². The fraction of sp³-hybridized carbons (Fsp3) is 0.364. The zero-order chi connectivity index (χ0) is 22.6. The highest BCUT2D eigenvalue weighted by atomic mass is 32.1. The molecule has 0 spiro atoms. The van der Waals surface area contributed by atoms with E-state index in [2.05, 4.69) is 15.4 Å². The number of nitrogens with zero attached hydrogens (tertiary/aromatic N) is 4. The maximum Gasteiger partial charge on any atom is 0.407 e. The third kappa shape index (κ3) is 5.69. The average molecular weight is 442 g/mol. The Morgan fingerprint density at radius 2 is 1.90 bits per heavy atom. The lowest BCUT2D eigenvalue weighted by atomic mass is 10.0. The van der Waals surface area contributed by atoms with Crippen LogP contribution in [-0.2, 0) is 13.5 Å². The van der Waals surface area contributed by atoms with Gasteiger partial charge in [0.1, 0.15) is 6.33 Å². The predicted octanol–water partition coefficient (Wildman–Crippen LogP) is 3.66. The maximum absolute atomic E-state index is 13.0. The summed E-state index contributed by atoms with van der Waals surface area (Å²) in [6.07, 6.45) is 0.978. The van der Waals surface area contributed by atoms with Crippen molar-refractivity contribution in [1.82, 2.24) is 25.0 Å². The van der Waals surface area contributed by atoms with E-state index >= 15 is 0 Å². The van der Waals surface area contributed by atoms with Crippen molar-refractivity contribution in [3.8, 4) is 10.7 Å². The Morgan fingerprint density at radius 1 is 1.19 bits per heavy atom. The first-order chi connectivity index (χ1) is 14.6. The molecule has 2 aromatic heterocycles. The normalized spacial score (nSPS) is 12.4. The van der Waals surface area contributed by atoms with Crippen molar-refractivity contribution >= 4 is 23.3 Å². The molecule has 2 amide bonds. The van der Waals surface area contributed by atoms with Crippen molar-refractivity contribution in [3.63, 3.8) is 0 Å². The minimum Gasteiger partial charge on any atom is -0.465 e. The van der Waals surface area contributed by atoms with E-state index in [0.717, 1.165) is 10.4 Å². The van der Waals surface area contributed by atoms with Crippen LogP contribution in [0.3, 0.4) is 0 Å². The number of hydrogen-bond donors (Lipinski definition) is 2. The van der Waals surface area contributed by atoms with Gasteiger partial charge in [-0.25, -0.2) is 14.5 Å². The number of carboxylic acid groups (broad SMARTS) is 1. The largest absolute Gasteiger partial charge is 0.465 e. The fourth-order valence-corrected chi connectivity index (χ4v) is 4.21. The second kappa shape index (κ2) is 9.30. The molecule has 0 bridgehead atoms. The lowest BCUT2D eigenvalue weighted by Crippen LogP contribution is -2.53. The Morgan fingerprint density at radius 3 is 2.48 bits per heavy atom. The van der Waals surface area contributed by atoms with E-state index in [4.69, 9.17) is 0 Å². The van der Waals surface area contributed by atoms with Crippen molar-refractivity contribution < 1.29 is 14.7 Å². The molecule has 1 atom stereocenters. The molecule has 164 valence electrons. The van der Waals surface area contributed by atoms with E-state index in [1.54, 1.807) is 17.8 Å². The number of aryl methyl sites for hydroxylation is 1. The van der Waals surface area contributed by atoms with Gasteiger partial charge in [-0.2, -0.15) is 5.10 Å². The van der Waals surface area contributed by atoms with Gasteiger partial charge >= 0.3 is 6.09 Å². The van der Waals surface area contributed by atoms with Crippen LogP contribution >= 0.6 is 11.3 Å². The van der Waals surface area contributed by atoms with E-state index in [-0.39, 0.29) is 18.5 Å². The van der Waals surface area contributed by atoms with Gasteiger partial charge in [-0.1, -0.05) is 30.3 Å². The molecule has 0 saturated carbocycles. The maximum atomic E-state index is 13.0. The molecule has 1 unspecified atom stereocenters. The number of thiophene rings is 1. The second-order valence-corrected chi connectivity index (χ2v) is 9.38. The number of benzene rings is 1. The smallest absolute Gasteiger partial charge is 0.407 e. The zero-order valence-electron chi connectivity index (χ0n) is 18.1. The lowest BCUT2D eigenvalue weighted by molar-refractivity contribution is 0.0824. The number of nitrogens with one attached hydrogen (secondary N) is 1. The van der Waals surface area contributed by atoms with Crippen LogP contribution in [0, 0.1) is 0 Å². The predicted molar refractivity (Wildman–Crippen MR) is 120 cm³/mol. The number of rotatable bonds is 7. The van der Waals surface area contributed by atoms with Crippen molar-refractivity contribution in [2.24, 2.45) is 7.05 Å². The van der Waals surface area contributed by atoms with Gasteiger partial charge in [-0.05, 0) is 44.9 Å². The summed E-state index contributed by atoms with van der Waals surface area (Å²) in [5.74, 6) is 0.452. The van der Waals surface area contributed by atoms with Gasteiger partial charge in [0.2, 0.25) is 0 Å². The molecule has 2 N–H and O–H groups in total. The molecule has 3 aromatic rings. The molecule has 9 heteroatoms. The quantitative estimate of drug-likeness (QED) is 0.583. The van der Waals surface area contributed by atoms with Gasteiger partial charge in [-0.15, -0.1) is 11.3 Å². The van der Waals surface area contributed by atoms with E-state index in [1.165, 1.54) is 22.6 Å². The van der Waals surface area contributed by atoms with Gasteiger partial charge in [-0.3, -0.25) is 4.79 Å². The molecule has 3 rings (SSSR count). The minimum absolute atomic E-state index is 0.182. The third-order valence-electron chi connectivity index (χ3n) is 4.87. The van der Waals surface area contributed by atoms with Gasteiger partial charge in [0, 0.05) is 19.1 Å². The summed E-state index contributed by atoms with van der Waals surface area (Å²) in [4.78, 5) is 31.8. The molecule has 2 heterocycles. The number of carbonyl (C=O) groups excluding carboxylic acids is 1. The summed E-state index contributed by atoms with van der Waals surface area (Å²) in [6.45, 7) is 5.71. The molecular weight excluding hydrogens is 414 g/mol. The lowest BCUT2D eigenvalue weighted by Gasteiger charge is -2.36. The molecule has 0 aliphatic carbocycles. The summed E-state index contributed by atoms with van der Waals surface area (Å²) in [5.41, 5.74) is 0.435. The first-order valence-electron chi connectivity index (χ1n) is 9.94. The van der Waals surface area contributed by atoms with Crippen LogP contribution in [0.25, 0.3) is 10.7 Å². The third-order valence-corrected chi connectivity index (χ3v) is 5.95. The standard InChI is InChI=1S/C22H27N5O3S/c1-22(2,3)27(21(29)30)13-16(12-15-8-6-5-7-9-15)25-20(28)18-11-10-17(31-18)19-23-14-24-26(19)4/h5-11,14,16H,12-13H2,1-4H3,(H,25,28)(H,29,30). The molecule has 0 fully saturated rings. The van der Waals surface area contributed by atoms with Crippen LogP contribution in [0.15, 0.2) is 48.8 Å². The Labute approximate surface area is 185 Å². The molecule has 31 heavy (non-hydrogen) atoms. The van der Waals surface area contributed by atoms with Crippen LogP contribution in [0.4, 0.5) is 4.79 Å². The Balaban J connectivity index is 1.80. The van der Waals surface area contributed by atoms with Crippen LogP contribution in [0.2, 0.25) is 0 Å². The Kier molecular flexibility index (Phi) is 6.74. The van der Waals surface area contributed by atoms with Crippen LogP contribution in [-0.4, -0.2) is 54.9 Å². The van der Waals surface area contributed by atoms with Gasteiger partial charge in [0.15, 0.2) is 5.82 Å². The highest BCUT2D eigenvalue weighted by Gasteiger charge is 2.30. The first kappa shape index (κ1) is 22.5. The highest BCUT2D eigenvalue weighted by Crippen LogP contribution is 2.26. The fourth-order valence-electron chi connectivity index (χ4n) is 3.28. The van der Waals surface area contributed by atoms with E-state index in [9.17, 15) is 14.7 Å². The van der Waals surface area contributed by atoms with E-state index in [0.29, 0.717) is 17.1 Å². The molecule has 1 aromatic carbocycles. The molecular formula is C22H27N5O3S. The highest BCUT2D eigenvalue weighted by molar-refractivity contribution is 7.17. The topological polar surface area (TPSA) is 100 Å². The van der Waals surface area contributed by atoms with Crippen molar-refractivity contribution in [1.29, 1.82) is 0 Å². The number of carbonyl (C=O) groups is 2. The summed E-state index contributed by atoms with van der Waals surface area (Å²) >= 11 is 1.33. The SMILES string of the molecule is Cn1ncnc1-c1ccc(C(=O)NC(Cc2ccccc2)CN(C(=O)O)C(C)(C)C)s1. The summed E-state index contributed by atoms with van der Waals surface area (Å²) in [7, 11) is 1.80. The van der Waals surface area contributed by atoms with Crippen molar-refractivity contribution in [3.05, 3.63) is 59.2 Å². The van der Waals surface area contributed by atoms with Crippen molar-refractivity contribution in [2.45, 2.75) is 38.8 Å². The zero-order valence-corrected chi connectivity index (χ0v) is 18.9. The Bertz CT molecular complexity index is 1040. The summed E-state index contributed by atoms with van der Waals surface area (Å²) < 4.78 is 1.65. The van der Waals surface area contributed by atoms with E-state index < -0.39 is 11.6 Å². The molecule has 0 saturated heterocycles. The van der Waals surface area contributed by atoms with E-state index in [1.807, 2.05) is 57.2 Å². The van der Waals surface area contributed by atoms with Crippen LogP contribution < -0.4 is 5.32 Å². The van der Waals surface area contributed by atoms with Gasteiger partial charge in [0.05, 0.1) is 15.8 Å². The minimum atomic E-state index is -1.01. The summed E-state index contributed by atoms with van der Waals surface area (Å²) in [6, 6.07) is 12.9. The molecule has 0 radical (unpaired) electrons. The number of aromatic nitrogens is 3. The average Bonchev–Trinajstić information content (AvgIpc) is 3.34. The second-order valence-electron chi connectivity index (χ2n) is 8.30. The summed E-state index contributed by atoms with van der Waals surface area (Å²) in [5, 5.41) is 16.8. The van der Waals surface area contributed by atoms with Crippen LogP contribution in [0.1, 0.15) is 36.0 Å². The van der Waals surface area contributed by atoms with Gasteiger partial charge in [0.25, 0.3) is 5.91 Å².